The van der Waals surface area contributed by atoms with Crippen LogP contribution in [0.15, 0.2) is 30.4 Å². The molecule has 7 heteroatoms. The Morgan fingerprint density at radius 1 is 1.04 bits per heavy atom. The predicted molar refractivity (Wildman–Crippen MR) is 98.9 cm³/mol. The molecule has 3 atom stereocenters. The molecule has 1 aromatic rings. The molecular weight excluding hydrogens is 352 g/mol. The lowest BCUT2D eigenvalue weighted by atomic mass is 10.0. The first-order valence-electron chi connectivity index (χ1n) is 8.57. The number of carbonyl (C=O) groups is 2. The lowest BCUT2D eigenvalue weighted by molar-refractivity contribution is -0.127. The summed E-state index contributed by atoms with van der Waals surface area (Å²) >= 11 is 0. The van der Waals surface area contributed by atoms with Crippen molar-refractivity contribution in [2.24, 2.45) is 0 Å². The van der Waals surface area contributed by atoms with Crippen LogP contribution < -0.4 is 9.47 Å². The quantitative estimate of drug-likeness (QED) is 0.760. The van der Waals surface area contributed by atoms with Crippen LogP contribution in [0.25, 0.3) is 6.08 Å². The number of ketones is 1. The van der Waals surface area contributed by atoms with Crippen molar-refractivity contribution in [1.29, 1.82) is 0 Å². The summed E-state index contributed by atoms with van der Waals surface area (Å²) < 4.78 is 16.0. The van der Waals surface area contributed by atoms with Crippen molar-refractivity contribution >= 4 is 17.8 Å². The fourth-order valence-corrected chi connectivity index (χ4v) is 2.66. The Kier molecular flexibility index (Phi) is 7.15. The summed E-state index contributed by atoms with van der Waals surface area (Å²) in [7, 11) is 2.93. The number of aliphatic hydroxyl groups is 2. The van der Waals surface area contributed by atoms with E-state index in [1.165, 1.54) is 26.4 Å². The van der Waals surface area contributed by atoms with Crippen molar-refractivity contribution in [1.82, 2.24) is 0 Å². The zero-order chi connectivity index (χ0) is 20.0. The minimum atomic E-state index is -1.52. The van der Waals surface area contributed by atoms with Gasteiger partial charge in [0, 0.05) is 12.5 Å². The van der Waals surface area contributed by atoms with Gasteiger partial charge in [-0.25, -0.2) is 4.79 Å². The molecule has 27 heavy (non-hydrogen) atoms. The van der Waals surface area contributed by atoms with Crippen LogP contribution in [0.1, 0.15) is 35.7 Å². The first-order chi connectivity index (χ1) is 12.9. The Labute approximate surface area is 157 Å². The second kappa shape index (κ2) is 9.34. The van der Waals surface area contributed by atoms with E-state index < -0.39 is 30.1 Å². The standard InChI is InChI=1S/C20H24O7/c1-12-6-4-8-15(21)19(23)16(22)9-5-7-13-10-14(25-2)11-17(26-3)18(13)20(24)27-12/h4-5,7-8,10-12,16,19,22-23H,6,9H2,1-3H3/b7-5?,8-4-/t12-,16-,19+/m0/s1. The number of aliphatic hydroxyl groups excluding tert-OH is 2. The van der Waals surface area contributed by atoms with Gasteiger partial charge in [-0.15, -0.1) is 0 Å². The van der Waals surface area contributed by atoms with E-state index in [1.807, 2.05) is 0 Å². The van der Waals surface area contributed by atoms with Crippen molar-refractivity contribution in [2.75, 3.05) is 14.2 Å². The van der Waals surface area contributed by atoms with Crippen molar-refractivity contribution in [3.05, 3.63) is 41.5 Å². The van der Waals surface area contributed by atoms with Crippen LogP contribution >= 0.6 is 0 Å². The van der Waals surface area contributed by atoms with Gasteiger partial charge in [0.05, 0.1) is 20.3 Å². The van der Waals surface area contributed by atoms with Crippen LogP contribution in [0, 0.1) is 0 Å². The molecular formula is C20H24O7. The number of benzene rings is 1. The summed E-state index contributed by atoms with van der Waals surface area (Å²) in [6.45, 7) is 1.69. The fourth-order valence-electron chi connectivity index (χ4n) is 2.66. The summed E-state index contributed by atoms with van der Waals surface area (Å²) in [4.78, 5) is 24.6. The van der Waals surface area contributed by atoms with Crippen molar-refractivity contribution in [3.63, 3.8) is 0 Å². The van der Waals surface area contributed by atoms with Gasteiger partial charge in [0.15, 0.2) is 5.78 Å². The minimum Gasteiger partial charge on any atom is -0.497 e. The van der Waals surface area contributed by atoms with Crippen molar-refractivity contribution in [2.45, 2.75) is 38.1 Å². The summed E-state index contributed by atoms with van der Waals surface area (Å²) in [6, 6.07) is 3.22. The lowest BCUT2D eigenvalue weighted by Gasteiger charge is -2.17. The Balaban J connectivity index is 2.50. The van der Waals surface area contributed by atoms with E-state index in [0.717, 1.165) is 0 Å². The Morgan fingerprint density at radius 2 is 1.74 bits per heavy atom. The third-order valence-corrected chi connectivity index (χ3v) is 4.16. The van der Waals surface area contributed by atoms with E-state index in [0.29, 0.717) is 17.1 Å². The van der Waals surface area contributed by atoms with Gasteiger partial charge in [-0.05, 0) is 31.1 Å². The minimum absolute atomic E-state index is 0.0190. The molecule has 1 aliphatic rings. The topological polar surface area (TPSA) is 102 Å². The number of hydrogen-bond donors (Lipinski definition) is 2. The molecule has 7 nitrogen and oxygen atoms in total. The summed E-state index contributed by atoms with van der Waals surface area (Å²) in [5.74, 6) is -0.394. The van der Waals surface area contributed by atoms with Crippen LogP contribution in [-0.2, 0) is 9.53 Å². The molecule has 0 saturated heterocycles. The van der Waals surface area contributed by atoms with Gasteiger partial charge in [-0.1, -0.05) is 18.2 Å². The summed E-state index contributed by atoms with van der Waals surface area (Å²) in [5, 5.41) is 19.9. The second-order valence-electron chi connectivity index (χ2n) is 6.20. The molecule has 0 bridgehead atoms. The maximum atomic E-state index is 12.7. The largest absolute Gasteiger partial charge is 0.497 e. The highest BCUT2D eigenvalue weighted by Crippen LogP contribution is 2.31. The van der Waals surface area contributed by atoms with E-state index in [1.54, 1.807) is 31.2 Å². The van der Waals surface area contributed by atoms with Gasteiger partial charge in [-0.2, -0.15) is 0 Å². The predicted octanol–water partition coefficient (Wildman–Crippen LogP) is 1.90. The van der Waals surface area contributed by atoms with Crippen LogP contribution in [0.5, 0.6) is 11.5 Å². The molecule has 1 aromatic carbocycles. The number of hydrogen-bond acceptors (Lipinski definition) is 7. The number of rotatable bonds is 2. The molecule has 0 aliphatic carbocycles. The third kappa shape index (κ3) is 5.18. The first-order valence-corrected chi connectivity index (χ1v) is 8.57. The van der Waals surface area contributed by atoms with Gasteiger partial charge in [0.25, 0.3) is 0 Å². The molecule has 1 heterocycles. The molecule has 0 saturated carbocycles. The van der Waals surface area contributed by atoms with E-state index in [2.05, 4.69) is 0 Å². The number of ether oxygens (including phenoxy) is 3. The summed E-state index contributed by atoms with van der Waals surface area (Å²) in [5.41, 5.74) is 0.706. The third-order valence-electron chi connectivity index (χ3n) is 4.16. The molecule has 2 rings (SSSR count). The highest BCUT2D eigenvalue weighted by molar-refractivity contribution is 5.97. The average molecular weight is 376 g/mol. The number of esters is 1. The van der Waals surface area contributed by atoms with Crippen molar-refractivity contribution < 1.29 is 34.0 Å². The number of cyclic esters (lactones) is 1. The monoisotopic (exact) mass is 376 g/mol. The second-order valence-corrected chi connectivity index (χ2v) is 6.20. The number of fused-ring (bicyclic) bond motifs is 1. The zero-order valence-electron chi connectivity index (χ0n) is 15.5. The van der Waals surface area contributed by atoms with Gasteiger partial charge >= 0.3 is 5.97 Å². The van der Waals surface area contributed by atoms with Crippen LogP contribution in [-0.4, -0.2) is 54.5 Å². The SMILES string of the molecule is COc1cc2c(c(OC)c1)C(=O)O[C@@H](C)C/C=C\C(=O)[C@@H](O)[C@@H](O)CC=C2. The molecule has 0 radical (unpaired) electrons. The maximum absolute atomic E-state index is 12.7. The first kappa shape index (κ1) is 20.7. The number of carbonyl (C=O) groups excluding carboxylic acids is 2. The Bertz CT molecular complexity index is 751. The molecule has 1 aliphatic heterocycles. The summed E-state index contributed by atoms with van der Waals surface area (Å²) in [6.07, 6.45) is 2.86. The normalized spacial score (nSPS) is 25.1. The molecule has 2 N–H and O–H groups in total. The van der Waals surface area contributed by atoms with Crippen LogP contribution in [0.4, 0.5) is 0 Å². The smallest absolute Gasteiger partial charge is 0.342 e. The van der Waals surface area contributed by atoms with Crippen LogP contribution in [0.2, 0.25) is 0 Å². The van der Waals surface area contributed by atoms with Gasteiger partial charge in [0.1, 0.15) is 29.3 Å². The van der Waals surface area contributed by atoms with Crippen LogP contribution in [0.3, 0.4) is 0 Å². The Morgan fingerprint density at radius 3 is 2.41 bits per heavy atom. The molecule has 0 spiro atoms. The van der Waals surface area contributed by atoms with E-state index in [-0.39, 0.29) is 18.4 Å². The van der Waals surface area contributed by atoms with E-state index in [9.17, 15) is 19.8 Å². The van der Waals surface area contributed by atoms with E-state index in [4.69, 9.17) is 14.2 Å². The lowest BCUT2D eigenvalue weighted by Crippen LogP contribution is -2.32. The average Bonchev–Trinajstić information content (AvgIpc) is 2.65. The van der Waals surface area contributed by atoms with Gasteiger partial charge < -0.3 is 24.4 Å². The Hall–Kier alpha value is -2.64. The fraction of sp³-hybridized carbons (Fsp3) is 0.400. The van der Waals surface area contributed by atoms with Gasteiger partial charge in [0.2, 0.25) is 0 Å². The van der Waals surface area contributed by atoms with E-state index >= 15 is 0 Å². The highest BCUT2D eigenvalue weighted by atomic mass is 16.5. The zero-order valence-corrected chi connectivity index (χ0v) is 15.5. The molecule has 0 fully saturated rings. The number of methoxy groups -OCH3 is 2. The molecule has 0 unspecified atom stereocenters. The van der Waals surface area contributed by atoms with Gasteiger partial charge in [-0.3, -0.25) is 4.79 Å². The molecule has 0 aromatic heterocycles. The molecule has 0 amide bonds. The highest BCUT2D eigenvalue weighted by Gasteiger charge is 2.24. The van der Waals surface area contributed by atoms with Crippen molar-refractivity contribution in [3.8, 4) is 11.5 Å². The maximum Gasteiger partial charge on any atom is 0.342 e. The molecule has 146 valence electrons.